The highest BCUT2D eigenvalue weighted by molar-refractivity contribution is 9.10. The summed E-state index contributed by atoms with van der Waals surface area (Å²) in [5.41, 5.74) is 0.815. The number of guanidine groups is 1. The molecule has 0 bridgehead atoms. The average Bonchev–Trinajstić information content (AvgIpc) is 2.88. The number of rotatable bonds is 3. The number of methoxy groups -OCH3 is 1. The van der Waals surface area contributed by atoms with E-state index in [4.69, 9.17) is 4.74 Å². The first-order chi connectivity index (χ1) is 10.9. The van der Waals surface area contributed by atoms with Gasteiger partial charge in [-0.25, -0.2) is 4.39 Å². The minimum atomic E-state index is -0.285. The molecule has 1 heterocycles. The molecule has 1 aromatic carbocycles. The third-order valence-electron chi connectivity index (χ3n) is 4.00. The lowest BCUT2D eigenvalue weighted by Gasteiger charge is -2.21. The molecule has 2 unspecified atom stereocenters. The van der Waals surface area contributed by atoms with Gasteiger partial charge >= 0.3 is 5.97 Å². The first kappa shape index (κ1) is 17.7. The molecular weight excluding hydrogens is 365 g/mol. The minimum absolute atomic E-state index is 0.151. The van der Waals surface area contributed by atoms with Gasteiger partial charge in [0.15, 0.2) is 5.96 Å². The Morgan fingerprint density at radius 3 is 2.83 bits per heavy atom. The van der Waals surface area contributed by atoms with Crippen molar-refractivity contribution in [2.75, 3.05) is 27.2 Å². The zero-order valence-electron chi connectivity index (χ0n) is 13.5. The van der Waals surface area contributed by atoms with Crippen molar-refractivity contribution in [1.29, 1.82) is 0 Å². The van der Waals surface area contributed by atoms with Gasteiger partial charge in [-0.3, -0.25) is 9.79 Å². The topological polar surface area (TPSA) is 53.9 Å². The highest BCUT2D eigenvalue weighted by Crippen LogP contribution is 2.24. The van der Waals surface area contributed by atoms with E-state index in [0.717, 1.165) is 12.1 Å². The van der Waals surface area contributed by atoms with Gasteiger partial charge in [0, 0.05) is 31.2 Å². The van der Waals surface area contributed by atoms with Gasteiger partial charge in [-0.2, -0.15) is 0 Å². The van der Waals surface area contributed by atoms with Crippen LogP contribution in [0.5, 0.6) is 0 Å². The summed E-state index contributed by atoms with van der Waals surface area (Å²) < 4.78 is 19.0. The van der Waals surface area contributed by atoms with E-state index in [0.29, 0.717) is 23.5 Å². The zero-order chi connectivity index (χ0) is 17.0. The SMILES string of the molecule is CN=C(NCc1cc(F)cc(Br)c1)N1CC(C)C(C(=O)OC)C1. The van der Waals surface area contributed by atoms with Crippen LogP contribution in [0.25, 0.3) is 0 Å². The van der Waals surface area contributed by atoms with Crippen molar-refractivity contribution >= 4 is 27.9 Å². The highest BCUT2D eigenvalue weighted by atomic mass is 79.9. The summed E-state index contributed by atoms with van der Waals surface area (Å²) in [6.07, 6.45) is 0. The van der Waals surface area contributed by atoms with E-state index in [1.807, 2.05) is 17.9 Å². The van der Waals surface area contributed by atoms with E-state index in [1.165, 1.54) is 19.2 Å². The van der Waals surface area contributed by atoms with Crippen molar-refractivity contribution in [3.63, 3.8) is 0 Å². The Morgan fingerprint density at radius 1 is 1.48 bits per heavy atom. The van der Waals surface area contributed by atoms with Gasteiger partial charge in [-0.15, -0.1) is 0 Å². The number of hydrogen-bond donors (Lipinski definition) is 1. The Hall–Kier alpha value is -1.63. The molecule has 2 atom stereocenters. The summed E-state index contributed by atoms with van der Waals surface area (Å²) in [5.74, 6) is 0.269. The second kappa shape index (κ2) is 7.77. The molecule has 0 radical (unpaired) electrons. The molecule has 126 valence electrons. The van der Waals surface area contributed by atoms with Gasteiger partial charge in [-0.1, -0.05) is 22.9 Å². The number of halogens is 2. The number of carbonyl (C=O) groups excluding carboxylic acids is 1. The first-order valence-corrected chi connectivity index (χ1v) is 8.22. The Bertz CT molecular complexity index is 589. The van der Waals surface area contributed by atoms with Crippen LogP contribution < -0.4 is 5.32 Å². The number of benzene rings is 1. The van der Waals surface area contributed by atoms with E-state index in [-0.39, 0.29) is 23.6 Å². The Morgan fingerprint density at radius 2 is 2.22 bits per heavy atom. The smallest absolute Gasteiger partial charge is 0.310 e. The molecule has 1 aliphatic rings. The van der Waals surface area contributed by atoms with Crippen LogP contribution in [0.3, 0.4) is 0 Å². The number of aliphatic imine (C=N–C) groups is 1. The molecule has 0 saturated carbocycles. The van der Waals surface area contributed by atoms with Crippen LogP contribution >= 0.6 is 15.9 Å². The summed E-state index contributed by atoms with van der Waals surface area (Å²) in [6.45, 7) is 3.78. The maximum atomic E-state index is 13.4. The maximum absolute atomic E-state index is 13.4. The monoisotopic (exact) mass is 385 g/mol. The summed E-state index contributed by atoms with van der Waals surface area (Å²) in [7, 11) is 3.10. The number of hydrogen-bond acceptors (Lipinski definition) is 3. The van der Waals surface area contributed by atoms with E-state index in [2.05, 4.69) is 26.2 Å². The van der Waals surface area contributed by atoms with Gasteiger partial charge < -0.3 is 15.0 Å². The fraction of sp³-hybridized carbons (Fsp3) is 0.500. The predicted octanol–water partition coefficient (Wildman–Crippen LogP) is 2.40. The van der Waals surface area contributed by atoms with Gasteiger partial charge in [0.05, 0.1) is 13.0 Å². The standard InChI is InChI=1S/C16H21BrFN3O2/c1-10-8-21(9-14(10)15(22)23-3)16(19-2)20-7-11-4-12(17)6-13(18)5-11/h4-6,10,14H,7-9H2,1-3H3,(H,19,20). The molecule has 0 aliphatic carbocycles. The van der Waals surface area contributed by atoms with Crippen LogP contribution in [-0.4, -0.2) is 44.1 Å². The number of ether oxygens (including phenoxy) is 1. The van der Waals surface area contributed by atoms with E-state index < -0.39 is 0 Å². The molecule has 1 N–H and O–H groups in total. The van der Waals surface area contributed by atoms with Crippen molar-refractivity contribution in [2.24, 2.45) is 16.8 Å². The summed E-state index contributed by atoms with van der Waals surface area (Å²) in [6, 6.07) is 4.75. The molecule has 2 rings (SSSR count). The Labute approximate surface area is 144 Å². The van der Waals surface area contributed by atoms with Crippen molar-refractivity contribution in [1.82, 2.24) is 10.2 Å². The first-order valence-electron chi connectivity index (χ1n) is 7.43. The number of esters is 1. The summed E-state index contributed by atoms with van der Waals surface area (Å²) in [4.78, 5) is 18.1. The minimum Gasteiger partial charge on any atom is -0.469 e. The largest absolute Gasteiger partial charge is 0.469 e. The van der Waals surface area contributed by atoms with Gasteiger partial charge in [-0.05, 0) is 29.7 Å². The highest BCUT2D eigenvalue weighted by Gasteiger charge is 2.36. The van der Waals surface area contributed by atoms with Gasteiger partial charge in [0.2, 0.25) is 0 Å². The average molecular weight is 386 g/mol. The molecule has 0 aromatic heterocycles. The molecule has 5 nitrogen and oxygen atoms in total. The van der Waals surface area contributed by atoms with Crippen molar-refractivity contribution in [3.8, 4) is 0 Å². The summed E-state index contributed by atoms with van der Waals surface area (Å²) in [5, 5.41) is 3.22. The van der Waals surface area contributed by atoms with Crippen LogP contribution in [0.2, 0.25) is 0 Å². The molecule has 7 heteroatoms. The second-order valence-corrected chi connectivity index (χ2v) is 6.61. The van der Waals surface area contributed by atoms with Crippen LogP contribution in [-0.2, 0) is 16.1 Å². The fourth-order valence-electron chi connectivity index (χ4n) is 2.82. The maximum Gasteiger partial charge on any atom is 0.310 e. The normalized spacial score (nSPS) is 21.4. The summed E-state index contributed by atoms with van der Waals surface area (Å²) >= 11 is 3.28. The lowest BCUT2D eigenvalue weighted by molar-refractivity contribution is -0.145. The number of likely N-dealkylation sites (tertiary alicyclic amines) is 1. The fourth-order valence-corrected chi connectivity index (χ4v) is 3.34. The molecule has 1 aliphatic heterocycles. The van der Waals surface area contributed by atoms with E-state index in [1.54, 1.807) is 7.05 Å². The molecule has 1 saturated heterocycles. The molecule has 0 amide bonds. The molecule has 0 spiro atoms. The molecule has 1 aromatic rings. The van der Waals surface area contributed by atoms with Crippen molar-refractivity contribution < 1.29 is 13.9 Å². The third-order valence-corrected chi connectivity index (χ3v) is 4.46. The van der Waals surface area contributed by atoms with Crippen molar-refractivity contribution in [3.05, 3.63) is 34.1 Å². The predicted molar refractivity (Wildman–Crippen MR) is 90.5 cm³/mol. The number of nitrogens with zero attached hydrogens (tertiary/aromatic N) is 2. The van der Waals surface area contributed by atoms with Crippen LogP contribution in [0.1, 0.15) is 12.5 Å². The second-order valence-electron chi connectivity index (χ2n) is 5.69. The molecule has 1 fully saturated rings. The molecular formula is C16H21BrFN3O2. The number of nitrogens with one attached hydrogen (secondary N) is 1. The molecule has 23 heavy (non-hydrogen) atoms. The van der Waals surface area contributed by atoms with E-state index >= 15 is 0 Å². The van der Waals surface area contributed by atoms with Gasteiger partial charge in [0.1, 0.15) is 5.82 Å². The van der Waals surface area contributed by atoms with Crippen LogP contribution in [0.15, 0.2) is 27.7 Å². The van der Waals surface area contributed by atoms with E-state index in [9.17, 15) is 9.18 Å². The lowest BCUT2D eigenvalue weighted by Crippen LogP contribution is -2.40. The Balaban J connectivity index is 2.00. The van der Waals surface area contributed by atoms with Crippen LogP contribution in [0.4, 0.5) is 4.39 Å². The van der Waals surface area contributed by atoms with Crippen molar-refractivity contribution in [2.45, 2.75) is 13.5 Å². The zero-order valence-corrected chi connectivity index (χ0v) is 15.1. The third kappa shape index (κ3) is 4.43. The van der Waals surface area contributed by atoms with Crippen LogP contribution in [0, 0.1) is 17.7 Å². The Kier molecular flexibility index (Phi) is 5.98. The quantitative estimate of drug-likeness (QED) is 0.493. The van der Waals surface area contributed by atoms with Gasteiger partial charge in [0.25, 0.3) is 0 Å². The lowest BCUT2D eigenvalue weighted by atomic mass is 9.99. The number of carbonyl (C=O) groups is 1.